The maximum atomic E-state index is 12.7. The first-order valence-corrected chi connectivity index (χ1v) is 10.3. The Kier molecular flexibility index (Phi) is 6.57. The largest absolute Gasteiger partial charge is 0.484 e. The number of hydrogen-bond donors (Lipinski definition) is 0. The Balaban J connectivity index is 1.59. The first-order chi connectivity index (χ1) is 13.9. The second-order valence-corrected chi connectivity index (χ2v) is 7.94. The van der Waals surface area contributed by atoms with Gasteiger partial charge in [0.15, 0.2) is 6.61 Å². The van der Waals surface area contributed by atoms with Crippen molar-refractivity contribution in [1.82, 2.24) is 4.90 Å². The molecule has 5 nitrogen and oxygen atoms in total. The molecular formula is C24H30N2O3. The molecule has 0 spiro atoms. The van der Waals surface area contributed by atoms with Crippen LogP contribution in [0.3, 0.4) is 0 Å². The Morgan fingerprint density at radius 2 is 1.59 bits per heavy atom. The van der Waals surface area contributed by atoms with E-state index >= 15 is 0 Å². The number of anilines is 1. The van der Waals surface area contributed by atoms with Gasteiger partial charge >= 0.3 is 0 Å². The molecule has 1 saturated heterocycles. The number of amides is 2. The zero-order valence-electron chi connectivity index (χ0n) is 17.7. The lowest BCUT2D eigenvalue weighted by molar-refractivity contribution is -0.139. The Morgan fingerprint density at radius 1 is 1.00 bits per heavy atom. The quantitative estimate of drug-likeness (QED) is 0.753. The Bertz CT molecular complexity index is 835. The van der Waals surface area contributed by atoms with Gasteiger partial charge in [0.2, 0.25) is 0 Å². The number of carbonyl (C=O) groups is 2. The summed E-state index contributed by atoms with van der Waals surface area (Å²) in [6.07, 6.45) is 3.25. The van der Waals surface area contributed by atoms with Gasteiger partial charge in [-0.2, -0.15) is 0 Å². The predicted molar refractivity (Wildman–Crippen MR) is 115 cm³/mol. The van der Waals surface area contributed by atoms with Crippen LogP contribution in [-0.2, 0) is 4.79 Å². The van der Waals surface area contributed by atoms with E-state index in [2.05, 4.69) is 13.8 Å². The van der Waals surface area contributed by atoms with E-state index in [-0.39, 0.29) is 30.5 Å². The topological polar surface area (TPSA) is 49.9 Å². The molecule has 0 N–H and O–H groups in total. The van der Waals surface area contributed by atoms with E-state index in [0.717, 1.165) is 24.1 Å². The van der Waals surface area contributed by atoms with E-state index in [9.17, 15) is 9.59 Å². The molecule has 1 fully saturated rings. The number of carbonyl (C=O) groups excluding carboxylic acids is 2. The Labute approximate surface area is 173 Å². The van der Waals surface area contributed by atoms with Crippen LogP contribution in [0.1, 0.15) is 49.0 Å². The molecule has 29 heavy (non-hydrogen) atoms. The number of benzene rings is 2. The van der Waals surface area contributed by atoms with E-state index < -0.39 is 0 Å². The van der Waals surface area contributed by atoms with Crippen molar-refractivity contribution in [3.05, 3.63) is 59.7 Å². The van der Waals surface area contributed by atoms with Crippen LogP contribution in [0.15, 0.2) is 48.5 Å². The maximum Gasteiger partial charge on any atom is 0.260 e. The van der Waals surface area contributed by atoms with Gasteiger partial charge in [0.05, 0.1) is 0 Å². The number of likely N-dealkylation sites (tertiary alicyclic amines) is 1. The molecule has 0 aromatic heterocycles. The number of aryl methyl sites for hydroxylation is 1. The molecule has 154 valence electrons. The van der Waals surface area contributed by atoms with Gasteiger partial charge in [-0.15, -0.1) is 0 Å². The van der Waals surface area contributed by atoms with Crippen molar-refractivity contribution in [2.45, 2.75) is 52.1 Å². The third-order valence-electron chi connectivity index (χ3n) is 5.67. The fraction of sp³-hybridized carbons (Fsp3) is 0.417. The number of rotatable bonds is 5. The maximum absolute atomic E-state index is 12.7. The van der Waals surface area contributed by atoms with Gasteiger partial charge in [0.25, 0.3) is 11.8 Å². The van der Waals surface area contributed by atoms with Crippen LogP contribution < -0.4 is 9.64 Å². The zero-order valence-corrected chi connectivity index (χ0v) is 17.7. The average Bonchev–Trinajstić information content (AvgIpc) is 2.72. The third-order valence-corrected chi connectivity index (χ3v) is 5.67. The van der Waals surface area contributed by atoms with Crippen LogP contribution in [0, 0.1) is 6.92 Å². The predicted octanol–water partition coefficient (Wildman–Crippen LogP) is 4.44. The first kappa shape index (κ1) is 20.9. The fourth-order valence-electron chi connectivity index (χ4n) is 3.91. The molecule has 0 bridgehead atoms. The second-order valence-electron chi connectivity index (χ2n) is 7.94. The lowest BCUT2D eigenvalue weighted by Crippen LogP contribution is -2.49. The van der Waals surface area contributed by atoms with E-state index in [1.165, 1.54) is 6.42 Å². The highest BCUT2D eigenvalue weighted by Crippen LogP contribution is 2.23. The zero-order chi connectivity index (χ0) is 21.0. The Hall–Kier alpha value is -2.82. The molecule has 1 heterocycles. The highest BCUT2D eigenvalue weighted by molar-refractivity contribution is 6.05. The van der Waals surface area contributed by atoms with Crippen LogP contribution in [-0.4, -0.2) is 42.5 Å². The van der Waals surface area contributed by atoms with Crippen molar-refractivity contribution >= 4 is 17.5 Å². The summed E-state index contributed by atoms with van der Waals surface area (Å²) in [6, 6.07) is 15.3. The van der Waals surface area contributed by atoms with Gasteiger partial charge in [-0.3, -0.25) is 9.59 Å². The van der Waals surface area contributed by atoms with Gasteiger partial charge < -0.3 is 14.5 Å². The number of hydrogen-bond acceptors (Lipinski definition) is 3. The van der Waals surface area contributed by atoms with Crippen LogP contribution in [0.25, 0.3) is 0 Å². The smallest absolute Gasteiger partial charge is 0.260 e. The molecule has 2 atom stereocenters. The van der Waals surface area contributed by atoms with E-state index in [0.29, 0.717) is 11.3 Å². The van der Waals surface area contributed by atoms with E-state index in [4.69, 9.17) is 4.74 Å². The molecule has 0 aliphatic carbocycles. The first-order valence-electron chi connectivity index (χ1n) is 10.3. The summed E-state index contributed by atoms with van der Waals surface area (Å²) in [4.78, 5) is 28.9. The average molecular weight is 395 g/mol. The molecule has 0 radical (unpaired) electrons. The molecule has 1 aliphatic rings. The molecule has 5 heteroatoms. The highest BCUT2D eigenvalue weighted by atomic mass is 16.5. The van der Waals surface area contributed by atoms with Gasteiger partial charge in [-0.1, -0.05) is 17.7 Å². The van der Waals surface area contributed by atoms with Crippen molar-refractivity contribution in [3.63, 3.8) is 0 Å². The third kappa shape index (κ3) is 4.97. The summed E-state index contributed by atoms with van der Waals surface area (Å²) in [5, 5.41) is 0. The number of piperidine rings is 1. The molecule has 2 aromatic rings. The summed E-state index contributed by atoms with van der Waals surface area (Å²) in [6.45, 7) is 6.23. The van der Waals surface area contributed by atoms with Crippen molar-refractivity contribution < 1.29 is 14.3 Å². The monoisotopic (exact) mass is 394 g/mol. The summed E-state index contributed by atoms with van der Waals surface area (Å²) >= 11 is 0. The van der Waals surface area contributed by atoms with Gasteiger partial charge in [0, 0.05) is 30.4 Å². The summed E-state index contributed by atoms with van der Waals surface area (Å²) in [7, 11) is 1.76. The summed E-state index contributed by atoms with van der Waals surface area (Å²) in [5.41, 5.74) is 2.57. The minimum absolute atomic E-state index is 0.0176. The summed E-state index contributed by atoms with van der Waals surface area (Å²) < 4.78 is 5.69. The molecular weight excluding hydrogens is 364 g/mol. The standard InChI is InChI=1S/C24H30N2O3/c1-17-8-12-21(13-9-17)25(4)24(28)20-10-14-22(15-11-20)29-16-23(27)26-18(2)6-5-7-19(26)3/h8-15,18-19H,5-7,16H2,1-4H3. The molecule has 2 unspecified atom stereocenters. The van der Waals surface area contributed by atoms with Gasteiger partial charge in [0.1, 0.15) is 5.75 Å². The highest BCUT2D eigenvalue weighted by Gasteiger charge is 2.29. The lowest BCUT2D eigenvalue weighted by Gasteiger charge is -2.38. The van der Waals surface area contributed by atoms with Gasteiger partial charge in [-0.05, 0) is 76.4 Å². The molecule has 2 amide bonds. The minimum Gasteiger partial charge on any atom is -0.484 e. The molecule has 0 saturated carbocycles. The molecule has 2 aromatic carbocycles. The van der Waals surface area contributed by atoms with Crippen molar-refractivity contribution in [2.24, 2.45) is 0 Å². The molecule has 3 rings (SSSR count). The number of nitrogens with zero attached hydrogens (tertiary/aromatic N) is 2. The van der Waals surface area contributed by atoms with Gasteiger partial charge in [-0.25, -0.2) is 0 Å². The van der Waals surface area contributed by atoms with Crippen molar-refractivity contribution in [2.75, 3.05) is 18.6 Å². The minimum atomic E-state index is -0.0903. The van der Waals surface area contributed by atoms with Crippen molar-refractivity contribution in [3.8, 4) is 5.75 Å². The SMILES string of the molecule is Cc1ccc(N(C)C(=O)c2ccc(OCC(=O)N3C(C)CCCC3C)cc2)cc1. The fourth-order valence-corrected chi connectivity index (χ4v) is 3.91. The van der Waals surface area contributed by atoms with E-state index in [1.807, 2.05) is 36.1 Å². The van der Waals surface area contributed by atoms with Crippen LogP contribution in [0.4, 0.5) is 5.69 Å². The Morgan fingerprint density at radius 3 is 2.17 bits per heavy atom. The van der Waals surface area contributed by atoms with Crippen LogP contribution >= 0.6 is 0 Å². The number of ether oxygens (including phenoxy) is 1. The van der Waals surface area contributed by atoms with Crippen molar-refractivity contribution in [1.29, 1.82) is 0 Å². The van der Waals surface area contributed by atoms with Crippen LogP contribution in [0.5, 0.6) is 5.75 Å². The van der Waals surface area contributed by atoms with E-state index in [1.54, 1.807) is 36.2 Å². The lowest BCUT2D eigenvalue weighted by atomic mass is 9.97. The van der Waals surface area contributed by atoms with Crippen LogP contribution in [0.2, 0.25) is 0 Å². The summed E-state index contributed by atoms with van der Waals surface area (Å²) in [5.74, 6) is 0.515. The molecule has 1 aliphatic heterocycles. The normalized spacial score (nSPS) is 19.0. The second kappa shape index (κ2) is 9.12.